The van der Waals surface area contributed by atoms with Gasteiger partial charge in [-0.3, -0.25) is 19.6 Å². The summed E-state index contributed by atoms with van der Waals surface area (Å²) in [4.78, 5) is 9.55. The van der Waals surface area contributed by atoms with Crippen LogP contribution >= 0.6 is 49.6 Å². The molecule has 4 heterocycles. The van der Waals surface area contributed by atoms with Crippen LogP contribution in [-0.4, -0.2) is 131 Å². The van der Waals surface area contributed by atoms with Crippen molar-refractivity contribution in [3.05, 3.63) is 188 Å². The zero-order chi connectivity index (χ0) is 55.4. The first-order valence-corrected chi connectivity index (χ1v) is 28.1. The second kappa shape index (κ2) is 27.2. The van der Waals surface area contributed by atoms with E-state index in [-0.39, 0.29) is 112 Å². The maximum absolute atomic E-state index is 10.3. The van der Waals surface area contributed by atoms with Crippen LogP contribution in [0.4, 0.5) is 0 Å². The topological polar surface area (TPSA) is 269 Å². The Kier molecular flexibility index (Phi) is 21.6. The van der Waals surface area contributed by atoms with E-state index in [9.17, 15) is 40.9 Å². The normalized spacial score (nSPS) is 18.7. The SMILES string of the molecule is CN1CCc2cccc3c2[C@H]1Cc1ccc(O)c(O)c1-3.CN1CCc2cccc3c2[C@H]1Cc1ccc(O)c(O)c1-3.CN1CCc2cccc3c2[C@H]1Cc1ccc(O)c(O)c1-3.CN1CCc2cccc3c2[C@H]1Cc1ccc(O)c(O)c1-3.Cl.Cl.Cl.Cl.O.O.O. The fraction of sp³-hybridized carbons (Fsp3) is 0.294. The molecule has 16 rings (SSSR count). The second-order valence-electron chi connectivity index (χ2n) is 23.2. The summed E-state index contributed by atoms with van der Waals surface area (Å²) in [5.74, 6) is -0.0869. The molecule has 464 valence electrons. The maximum atomic E-state index is 10.3. The average Bonchev–Trinajstić information content (AvgIpc) is 1.92. The van der Waals surface area contributed by atoms with Gasteiger partial charge in [-0.25, -0.2) is 0 Å². The minimum Gasteiger partial charge on any atom is -0.504 e. The number of rotatable bonds is 0. The minimum absolute atomic E-state index is 0. The molecular formula is C68H78Cl4N4O11. The molecule has 4 atom stereocenters. The Morgan fingerprint density at radius 1 is 0.276 bits per heavy atom. The van der Waals surface area contributed by atoms with Crippen LogP contribution < -0.4 is 0 Å². The Bertz CT molecular complexity index is 3360. The quantitative estimate of drug-likeness (QED) is 0.0659. The summed E-state index contributed by atoms with van der Waals surface area (Å²) in [5.41, 5.74) is 22.8. The maximum Gasteiger partial charge on any atom is 0.165 e. The van der Waals surface area contributed by atoms with Crippen molar-refractivity contribution < 1.29 is 57.3 Å². The lowest BCUT2D eigenvalue weighted by molar-refractivity contribution is 0.228. The van der Waals surface area contributed by atoms with Crippen molar-refractivity contribution in [3.8, 4) is 90.5 Å². The highest BCUT2D eigenvalue weighted by molar-refractivity contribution is 5.87. The molecule has 15 nitrogen and oxygen atoms in total. The van der Waals surface area contributed by atoms with Gasteiger partial charge in [-0.15, -0.1) is 49.6 Å². The van der Waals surface area contributed by atoms with Gasteiger partial charge in [0, 0.05) is 72.6 Å². The van der Waals surface area contributed by atoms with Gasteiger partial charge >= 0.3 is 0 Å². The van der Waals surface area contributed by atoms with E-state index in [0.717, 1.165) is 144 Å². The summed E-state index contributed by atoms with van der Waals surface area (Å²) in [5, 5.41) is 80.2. The fourth-order valence-electron chi connectivity index (χ4n) is 14.7. The van der Waals surface area contributed by atoms with Gasteiger partial charge in [0.1, 0.15) is 0 Å². The molecular weight excluding hydrogens is 1190 g/mol. The third kappa shape index (κ3) is 11.6. The van der Waals surface area contributed by atoms with Crippen LogP contribution in [0.1, 0.15) is 90.9 Å². The molecule has 87 heavy (non-hydrogen) atoms. The molecule has 8 aromatic rings. The van der Waals surface area contributed by atoms with Crippen LogP contribution in [0, 0.1) is 0 Å². The molecule has 0 radical (unpaired) electrons. The van der Waals surface area contributed by atoms with Gasteiger partial charge in [0.05, 0.1) is 0 Å². The smallest absolute Gasteiger partial charge is 0.165 e. The van der Waals surface area contributed by atoms with Crippen LogP contribution in [0.15, 0.2) is 121 Å². The van der Waals surface area contributed by atoms with E-state index in [4.69, 9.17) is 0 Å². The number of halogens is 4. The molecule has 0 aromatic heterocycles. The first kappa shape index (κ1) is 69.1. The highest BCUT2D eigenvalue weighted by atomic mass is 35.5. The lowest BCUT2D eigenvalue weighted by Gasteiger charge is -2.39. The van der Waals surface area contributed by atoms with E-state index >= 15 is 0 Å². The highest BCUT2D eigenvalue weighted by Gasteiger charge is 2.38. The van der Waals surface area contributed by atoms with Gasteiger partial charge < -0.3 is 57.3 Å². The predicted molar refractivity (Wildman–Crippen MR) is 352 cm³/mol. The molecule has 0 amide bonds. The lowest BCUT2D eigenvalue weighted by Crippen LogP contribution is -2.35. The highest BCUT2D eigenvalue weighted by Crippen LogP contribution is 2.54. The zero-order valence-corrected chi connectivity index (χ0v) is 52.1. The fourth-order valence-corrected chi connectivity index (χ4v) is 14.7. The minimum atomic E-state index is -0.0380. The number of nitrogens with zero attached hydrogens (tertiary/aromatic N) is 4. The summed E-state index contributed by atoms with van der Waals surface area (Å²) < 4.78 is 0. The number of fused-ring (bicyclic) bond motifs is 8. The van der Waals surface area contributed by atoms with Gasteiger partial charge in [-0.05, 0) is 193 Å². The summed E-state index contributed by atoms with van der Waals surface area (Å²) in [6.45, 7) is 4.28. The lowest BCUT2D eigenvalue weighted by atomic mass is 9.77. The number of phenols is 8. The number of phenolic OH excluding ortho intramolecular Hbond substituents is 8. The molecule has 0 unspecified atom stereocenters. The van der Waals surface area contributed by atoms with Crippen molar-refractivity contribution in [2.24, 2.45) is 0 Å². The second-order valence-corrected chi connectivity index (χ2v) is 23.2. The summed E-state index contributed by atoms with van der Waals surface area (Å²) >= 11 is 0. The Morgan fingerprint density at radius 2 is 0.471 bits per heavy atom. The van der Waals surface area contributed by atoms with Crippen LogP contribution in [0.25, 0.3) is 44.5 Å². The van der Waals surface area contributed by atoms with Crippen molar-refractivity contribution in [2.75, 3.05) is 54.4 Å². The molecule has 0 fully saturated rings. The van der Waals surface area contributed by atoms with Crippen LogP contribution in [-0.2, 0) is 51.4 Å². The van der Waals surface area contributed by atoms with Crippen molar-refractivity contribution in [2.45, 2.75) is 75.5 Å². The Labute approximate surface area is 532 Å². The molecule has 0 spiro atoms. The van der Waals surface area contributed by atoms with Crippen molar-refractivity contribution in [1.82, 2.24) is 19.6 Å². The zero-order valence-electron chi connectivity index (χ0n) is 48.8. The monoisotopic (exact) mass is 1270 g/mol. The van der Waals surface area contributed by atoms with Gasteiger partial charge in [0.25, 0.3) is 0 Å². The molecule has 0 saturated carbocycles. The molecule has 4 aliphatic carbocycles. The van der Waals surface area contributed by atoms with E-state index in [1.165, 1.54) is 44.5 Å². The summed E-state index contributed by atoms with van der Waals surface area (Å²) in [7, 11) is 8.65. The number of benzene rings is 8. The third-order valence-corrected chi connectivity index (χ3v) is 18.9. The van der Waals surface area contributed by atoms with Crippen LogP contribution in [0.3, 0.4) is 0 Å². The van der Waals surface area contributed by atoms with E-state index in [2.05, 4.69) is 121 Å². The molecule has 0 saturated heterocycles. The van der Waals surface area contributed by atoms with Crippen molar-refractivity contribution in [1.29, 1.82) is 0 Å². The van der Waals surface area contributed by atoms with Crippen molar-refractivity contribution >= 4 is 49.6 Å². The van der Waals surface area contributed by atoms with E-state index in [1.54, 1.807) is 24.3 Å². The number of likely N-dealkylation sites (N-methyl/N-ethyl adjacent to an activating group) is 4. The first-order chi connectivity index (χ1) is 38.7. The third-order valence-electron chi connectivity index (χ3n) is 18.9. The van der Waals surface area contributed by atoms with Gasteiger partial charge in [-0.1, -0.05) is 97.1 Å². The van der Waals surface area contributed by atoms with Crippen LogP contribution in [0.5, 0.6) is 46.0 Å². The Balaban J connectivity index is 0.000000180. The number of aromatic hydroxyl groups is 8. The molecule has 14 N–H and O–H groups in total. The van der Waals surface area contributed by atoms with Crippen molar-refractivity contribution in [3.63, 3.8) is 0 Å². The van der Waals surface area contributed by atoms with E-state index in [1.807, 2.05) is 24.3 Å². The summed E-state index contributed by atoms with van der Waals surface area (Å²) in [6, 6.07) is 40.8. The molecule has 4 aliphatic heterocycles. The van der Waals surface area contributed by atoms with Gasteiger partial charge in [-0.2, -0.15) is 0 Å². The molecule has 19 heteroatoms. The number of hydrogen-bond acceptors (Lipinski definition) is 12. The summed E-state index contributed by atoms with van der Waals surface area (Å²) in [6.07, 6.45) is 7.76. The average molecular weight is 1270 g/mol. The molecule has 0 bridgehead atoms. The van der Waals surface area contributed by atoms with Gasteiger partial charge in [0.2, 0.25) is 0 Å². The molecule has 8 aromatic carbocycles. The van der Waals surface area contributed by atoms with Crippen LogP contribution in [0.2, 0.25) is 0 Å². The largest absolute Gasteiger partial charge is 0.504 e. The Hall–Kier alpha value is -6.96. The Morgan fingerprint density at radius 3 is 0.667 bits per heavy atom. The van der Waals surface area contributed by atoms with E-state index < -0.39 is 0 Å². The predicted octanol–water partition coefficient (Wildman–Crippen LogP) is 10.6. The first-order valence-electron chi connectivity index (χ1n) is 28.1. The standard InChI is InChI=1S/4C17H17NO2.4ClH.3H2O/c4*1-18-8-7-10-3-2-4-12-15(10)13(18)9-11-5-6-14(19)17(20)16(11)12;;;;;;;/h4*2-6,13,19-20H,7-9H2,1H3;4*1H;3*1H2/t4*13-;;;;;;;/m1111......./s1. The van der Waals surface area contributed by atoms with E-state index in [0.29, 0.717) is 24.2 Å². The molecule has 8 aliphatic rings. The van der Waals surface area contributed by atoms with Gasteiger partial charge in [0.15, 0.2) is 46.0 Å². The number of hydrogen-bond donors (Lipinski definition) is 8.